The maximum atomic E-state index is 11.6. The predicted molar refractivity (Wildman–Crippen MR) is 83.8 cm³/mol. The number of hydrogen-bond acceptors (Lipinski definition) is 3. The molecule has 3 unspecified atom stereocenters. The zero-order chi connectivity index (χ0) is 14.6. The summed E-state index contributed by atoms with van der Waals surface area (Å²) in [6.07, 6.45) is 4.89. The number of aliphatic carboxylic acids is 1. The predicted octanol–water partition coefficient (Wildman–Crippen LogP) is 3.24. The molecule has 1 aromatic carbocycles. The first kappa shape index (κ1) is 15.4. The van der Waals surface area contributed by atoms with Crippen molar-refractivity contribution >= 4 is 17.7 Å². The molecule has 1 aliphatic rings. The summed E-state index contributed by atoms with van der Waals surface area (Å²) in [5, 5.41) is 10.1. The molecule has 1 aliphatic carbocycles. The molecule has 0 aromatic heterocycles. The molecule has 0 heterocycles. The number of benzene rings is 1. The lowest BCUT2D eigenvalue weighted by Crippen LogP contribution is -2.47. The Labute approximate surface area is 124 Å². The number of rotatable bonds is 5. The van der Waals surface area contributed by atoms with Crippen LogP contribution >= 0.6 is 11.8 Å². The summed E-state index contributed by atoms with van der Waals surface area (Å²) in [6, 6.07) is 9.17. The highest BCUT2D eigenvalue weighted by molar-refractivity contribution is 8.00. The van der Waals surface area contributed by atoms with E-state index >= 15 is 0 Å². The molecule has 110 valence electrons. The van der Waals surface area contributed by atoms with Gasteiger partial charge < -0.3 is 10.8 Å². The molecule has 0 saturated heterocycles. The summed E-state index contributed by atoms with van der Waals surface area (Å²) in [5.74, 6) is 0.235. The van der Waals surface area contributed by atoms with E-state index in [1.807, 2.05) is 18.2 Å². The van der Waals surface area contributed by atoms with Gasteiger partial charge in [0.25, 0.3) is 0 Å². The molecule has 20 heavy (non-hydrogen) atoms. The molecule has 1 saturated carbocycles. The highest BCUT2D eigenvalue weighted by Gasteiger charge is 2.37. The van der Waals surface area contributed by atoms with Gasteiger partial charge in [-0.25, -0.2) is 4.79 Å². The summed E-state index contributed by atoms with van der Waals surface area (Å²) in [6.45, 7) is 2.27. The van der Waals surface area contributed by atoms with Crippen molar-refractivity contribution in [2.75, 3.05) is 5.75 Å². The summed E-state index contributed by atoms with van der Waals surface area (Å²) in [5.41, 5.74) is 5.59. The quantitative estimate of drug-likeness (QED) is 0.875. The van der Waals surface area contributed by atoms with Crippen LogP contribution in [0.4, 0.5) is 0 Å². The lowest BCUT2D eigenvalue weighted by molar-refractivity contribution is -0.142. The SMILES string of the molecule is CC1CCCC(SCC(N)(C(=O)O)c2ccccc2)C1. The van der Waals surface area contributed by atoms with Gasteiger partial charge in [0.15, 0.2) is 0 Å². The van der Waals surface area contributed by atoms with Crippen LogP contribution in [0.15, 0.2) is 30.3 Å². The molecule has 1 aromatic rings. The molecule has 0 aliphatic heterocycles. The Morgan fingerprint density at radius 1 is 1.40 bits per heavy atom. The van der Waals surface area contributed by atoms with Crippen LogP contribution in [0.1, 0.15) is 38.2 Å². The van der Waals surface area contributed by atoms with E-state index in [0.717, 1.165) is 5.92 Å². The molecule has 0 radical (unpaired) electrons. The first-order chi connectivity index (χ1) is 9.52. The third-order valence-electron chi connectivity index (χ3n) is 4.11. The van der Waals surface area contributed by atoms with Crippen molar-refractivity contribution < 1.29 is 9.90 Å². The van der Waals surface area contributed by atoms with E-state index in [2.05, 4.69) is 6.92 Å². The number of hydrogen-bond donors (Lipinski definition) is 2. The van der Waals surface area contributed by atoms with Crippen LogP contribution in [0.2, 0.25) is 0 Å². The largest absolute Gasteiger partial charge is 0.480 e. The fraction of sp³-hybridized carbons (Fsp3) is 0.562. The van der Waals surface area contributed by atoms with E-state index in [1.54, 1.807) is 23.9 Å². The van der Waals surface area contributed by atoms with Crippen molar-refractivity contribution in [3.8, 4) is 0 Å². The fourth-order valence-corrected chi connectivity index (χ4v) is 4.37. The summed E-state index contributed by atoms with van der Waals surface area (Å²) >= 11 is 1.73. The second-order valence-electron chi connectivity index (χ2n) is 5.85. The van der Waals surface area contributed by atoms with E-state index in [-0.39, 0.29) is 0 Å². The minimum absolute atomic E-state index is 0.434. The Balaban J connectivity index is 2.04. The minimum atomic E-state index is -1.29. The summed E-state index contributed by atoms with van der Waals surface area (Å²) < 4.78 is 0. The van der Waals surface area contributed by atoms with Crippen LogP contribution in [0.3, 0.4) is 0 Å². The molecule has 2 rings (SSSR count). The number of nitrogens with two attached hydrogens (primary N) is 1. The smallest absolute Gasteiger partial charge is 0.329 e. The Morgan fingerprint density at radius 3 is 2.70 bits per heavy atom. The van der Waals surface area contributed by atoms with Crippen molar-refractivity contribution in [2.45, 2.75) is 43.4 Å². The Bertz CT molecular complexity index is 451. The van der Waals surface area contributed by atoms with Crippen LogP contribution in [-0.2, 0) is 10.3 Å². The average molecular weight is 293 g/mol. The maximum Gasteiger partial charge on any atom is 0.329 e. The molecule has 3 nitrogen and oxygen atoms in total. The zero-order valence-electron chi connectivity index (χ0n) is 11.9. The van der Waals surface area contributed by atoms with E-state index in [0.29, 0.717) is 16.6 Å². The molecule has 3 N–H and O–H groups in total. The average Bonchev–Trinajstić information content (AvgIpc) is 2.45. The minimum Gasteiger partial charge on any atom is -0.480 e. The van der Waals surface area contributed by atoms with Gasteiger partial charge in [-0.1, -0.05) is 50.1 Å². The maximum absolute atomic E-state index is 11.6. The highest BCUT2D eigenvalue weighted by atomic mass is 32.2. The van der Waals surface area contributed by atoms with E-state index in [1.165, 1.54) is 25.7 Å². The number of carboxylic acid groups (broad SMARTS) is 1. The van der Waals surface area contributed by atoms with Crippen LogP contribution in [0.25, 0.3) is 0 Å². The zero-order valence-corrected chi connectivity index (χ0v) is 12.7. The summed E-state index contributed by atoms with van der Waals surface area (Å²) in [4.78, 5) is 11.6. The van der Waals surface area contributed by atoms with Crippen LogP contribution in [0.5, 0.6) is 0 Å². The van der Waals surface area contributed by atoms with Crippen molar-refractivity contribution in [3.63, 3.8) is 0 Å². The number of carboxylic acids is 1. The van der Waals surface area contributed by atoms with Gasteiger partial charge in [0, 0.05) is 11.0 Å². The van der Waals surface area contributed by atoms with Gasteiger partial charge in [0.1, 0.15) is 5.54 Å². The van der Waals surface area contributed by atoms with E-state index in [4.69, 9.17) is 5.73 Å². The molecule has 3 atom stereocenters. The standard InChI is InChI=1S/C16H23NO2S/c1-12-6-5-9-14(10-12)20-11-16(17,15(18)19)13-7-3-2-4-8-13/h2-4,7-8,12,14H,5-6,9-11,17H2,1H3,(H,18,19). The third kappa shape index (κ3) is 3.55. The molecule has 0 bridgehead atoms. The molecule has 1 fully saturated rings. The molecule has 4 heteroatoms. The van der Waals surface area contributed by atoms with Crippen molar-refractivity contribution in [1.82, 2.24) is 0 Å². The van der Waals surface area contributed by atoms with Gasteiger partial charge >= 0.3 is 5.97 Å². The van der Waals surface area contributed by atoms with Gasteiger partial charge in [-0.2, -0.15) is 11.8 Å². The number of thioether (sulfide) groups is 1. The Hall–Kier alpha value is -1.00. The van der Waals surface area contributed by atoms with Crippen molar-refractivity contribution in [1.29, 1.82) is 0 Å². The van der Waals surface area contributed by atoms with Gasteiger partial charge in [0.05, 0.1) is 0 Å². The Kier molecular flexibility index (Phi) is 5.11. The first-order valence-corrected chi connectivity index (χ1v) is 8.26. The van der Waals surface area contributed by atoms with Crippen LogP contribution in [0, 0.1) is 5.92 Å². The van der Waals surface area contributed by atoms with Gasteiger partial charge in [-0.3, -0.25) is 0 Å². The Morgan fingerprint density at radius 2 is 2.10 bits per heavy atom. The molecular weight excluding hydrogens is 270 g/mol. The van der Waals surface area contributed by atoms with E-state index in [9.17, 15) is 9.90 Å². The van der Waals surface area contributed by atoms with Crippen molar-refractivity contribution in [3.05, 3.63) is 35.9 Å². The lowest BCUT2D eigenvalue weighted by atomic mass is 9.90. The van der Waals surface area contributed by atoms with Crippen LogP contribution < -0.4 is 5.73 Å². The van der Waals surface area contributed by atoms with Gasteiger partial charge in [-0.15, -0.1) is 0 Å². The first-order valence-electron chi connectivity index (χ1n) is 7.22. The second kappa shape index (κ2) is 6.64. The fourth-order valence-electron chi connectivity index (χ4n) is 2.78. The van der Waals surface area contributed by atoms with E-state index < -0.39 is 11.5 Å². The third-order valence-corrected chi connectivity index (χ3v) is 5.63. The highest BCUT2D eigenvalue weighted by Crippen LogP contribution is 2.35. The normalized spacial score (nSPS) is 25.9. The number of carbonyl (C=O) groups is 1. The lowest BCUT2D eigenvalue weighted by Gasteiger charge is -2.30. The van der Waals surface area contributed by atoms with Crippen molar-refractivity contribution in [2.24, 2.45) is 11.7 Å². The van der Waals surface area contributed by atoms with Crippen LogP contribution in [-0.4, -0.2) is 22.1 Å². The topological polar surface area (TPSA) is 63.3 Å². The molecule has 0 amide bonds. The summed E-state index contributed by atoms with van der Waals surface area (Å²) in [7, 11) is 0. The molecule has 0 spiro atoms. The van der Waals surface area contributed by atoms with Gasteiger partial charge in [-0.05, 0) is 24.3 Å². The second-order valence-corrected chi connectivity index (χ2v) is 7.14. The monoisotopic (exact) mass is 293 g/mol. The van der Waals surface area contributed by atoms with Gasteiger partial charge in [0.2, 0.25) is 0 Å². The molecular formula is C16H23NO2S.